The summed E-state index contributed by atoms with van der Waals surface area (Å²) < 4.78 is 0. The first-order chi connectivity index (χ1) is 10.9. The second-order valence-electron chi connectivity index (χ2n) is 6.48. The minimum Gasteiger partial charge on any atom is -0.366 e. The summed E-state index contributed by atoms with van der Waals surface area (Å²) in [4.78, 5) is 6.66. The van der Waals surface area contributed by atoms with Crippen molar-refractivity contribution in [3.8, 4) is 0 Å². The third kappa shape index (κ3) is 4.44. The zero-order chi connectivity index (χ0) is 17.0. The fraction of sp³-hybridized carbons (Fsp3) is 0.381. The maximum atomic E-state index is 4.58. The average Bonchev–Trinajstić information content (AvgIpc) is 2.51. The number of hydrogen-bond acceptors (Lipinski definition) is 1. The quantitative estimate of drug-likeness (QED) is 0.553. The molecule has 0 spiro atoms. The Morgan fingerprint density at radius 3 is 2.22 bits per heavy atom. The summed E-state index contributed by atoms with van der Waals surface area (Å²) in [6, 6.07) is 11.1. The third-order valence-corrected chi connectivity index (χ3v) is 4.46. The van der Waals surface area contributed by atoms with Gasteiger partial charge in [-0.15, -0.1) is 0 Å². The van der Waals surface area contributed by atoms with Crippen LogP contribution in [0.25, 0.3) is 0 Å². The van der Waals surface area contributed by atoms with Crippen LogP contribution in [-0.4, -0.2) is 24.8 Å². The normalized spacial score (nSPS) is 11.2. The van der Waals surface area contributed by atoms with Crippen LogP contribution in [0, 0.1) is 27.7 Å². The third-order valence-electron chi connectivity index (χ3n) is 4.46. The molecule has 0 atom stereocenters. The van der Waals surface area contributed by atoms with Crippen molar-refractivity contribution >= 4 is 12.0 Å². The Hall–Kier alpha value is -2.09. The van der Waals surface area contributed by atoms with Crippen LogP contribution in [0.2, 0.25) is 0 Å². The Balaban J connectivity index is 2.30. The van der Waals surface area contributed by atoms with Gasteiger partial charge in [-0.3, -0.25) is 0 Å². The number of aryl methyl sites for hydroxylation is 4. The Bertz CT molecular complexity index is 691. The second kappa shape index (κ2) is 7.45. The van der Waals surface area contributed by atoms with Crippen molar-refractivity contribution in [1.82, 2.24) is 4.90 Å². The van der Waals surface area contributed by atoms with E-state index in [9.17, 15) is 0 Å². The molecule has 2 rings (SSSR count). The molecule has 0 N–H and O–H groups in total. The molecular formula is C21H28N2. The SMILES string of the molecule is CCN(C)C=Nc1cc(C)c(Cc2cc(C)ccc2C)c(C)c1. The minimum absolute atomic E-state index is 0.964. The van der Waals surface area contributed by atoms with Gasteiger partial charge in [0.05, 0.1) is 12.0 Å². The van der Waals surface area contributed by atoms with Gasteiger partial charge in [0.2, 0.25) is 0 Å². The number of nitrogens with zero attached hydrogens (tertiary/aromatic N) is 2. The highest BCUT2D eigenvalue weighted by atomic mass is 15.1. The van der Waals surface area contributed by atoms with E-state index < -0.39 is 0 Å². The molecule has 0 saturated heterocycles. The van der Waals surface area contributed by atoms with E-state index in [0.29, 0.717) is 0 Å². The maximum absolute atomic E-state index is 4.58. The molecule has 0 unspecified atom stereocenters. The summed E-state index contributed by atoms with van der Waals surface area (Å²) in [5.74, 6) is 0. The van der Waals surface area contributed by atoms with E-state index in [4.69, 9.17) is 0 Å². The molecule has 0 aliphatic carbocycles. The van der Waals surface area contributed by atoms with Crippen molar-refractivity contribution in [2.24, 2.45) is 4.99 Å². The molecule has 2 aromatic carbocycles. The van der Waals surface area contributed by atoms with Gasteiger partial charge in [-0.2, -0.15) is 0 Å². The van der Waals surface area contributed by atoms with E-state index in [1.54, 1.807) is 0 Å². The van der Waals surface area contributed by atoms with Crippen LogP contribution in [0.15, 0.2) is 35.3 Å². The monoisotopic (exact) mass is 308 g/mol. The number of hydrogen-bond donors (Lipinski definition) is 0. The molecule has 0 aromatic heterocycles. The zero-order valence-electron chi connectivity index (χ0n) is 15.3. The molecule has 0 bridgehead atoms. The first-order valence-corrected chi connectivity index (χ1v) is 8.31. The zero-order valence-corrected chi connectivity index (χ0v) is 15.3. The largest absolute Gasteiger partial charge is 0.366 e. The highest BCUT2D eigenvalue weighted by Gasteiger charge is 2.08. The van der Waals surface area contributed by atoms with Gasteiger partial charge in [-0.25, -0.2) is 4.99 Å². The molecule has 0 heterocycles. The van der Waals surface area contributed by atoms with E-state index in [0.717, 1.165) is 18.7 Å². The van der Waals surface area contributed by atoms with Gasteiger partial charge in [0, 0.05) is 13.6 Å². The molecule has 0 aliphatic rings. The van der Waals surface area contributed by atoms with Crippen molar-refractivity contribution in [3.05, 3.63) is 63.7 Å². The maximum Gasteiger partial charge on any atom is 0.0909 e. The van der Waals surface area contributed by atoms with Crippen LogP contribution in [-0.2, 0) is 6.42 Å². The lowest BCUT2D eigenvalue weighted by Gasteiger charge is -2.14. The Morgan fingerprint density at radius 2 is 1.61 bits per heavy atom. The molecule has 0 radical (unpaired) electrons. The highest BCUT2D eigenvalue weighted by molar-refractivity contribution is 5.62. The lowest BCUT2D eigenvalue weighted by Crippen LogP contribution is -2.14. The first kappa shape index (κ1) is 17.3. The summed E-state index contributed by atoms with van der Waals surface area (Å²) in [7, 11) is 2.04. The van der Waals surface area contributed by atoms with E-state index in [1.165, 1.54) is 33.4 Å². The van der Waals surface area contributed by atoms with Gasteiger partial charge in [0.15, 0.2) is 0 Å². The topological polar surface area (TPSA) is 15.6 Å². The van der Waals surface area contributed by atoms with E-state index in [2.05, 4.69) is 74.8 Å². The van der Waals surface area contributed by atoms with Crippen LogP contribution < -0.4 is 0 Å². The molecule has 23 heavy (non-hydrogen) atoms. The molecule has 0 fully saturated rings. The van der Waals surface area contributed by atoms with E-state index >= 15 is 0 Å². The van der Waals surface area contributed by atoms with Crippen LogP contribution >= 0.6 is 0 Å². The van der Waals surface area contributed by atoms with Crippen molar-refractivity contribution < 1.29 is 0 Å². The Labute approximate surface area is 140 Å². The van der Waals surface area contributed by atoms with Crippen molar-refractivity contribution in [2.45, 2.75) is 41.0 Å². The van der Waals surface area contributed by atoms with Gasteiger partial charge in [0.25, 0.3) is 0 Å². The van der Waals surface area contributed by atoms with Crippen LogP contribution in [0.1, 0.15) is 40.3 Å². The van der Waals surface area contributed by atoms with Crippen LogP contribution in [0.4, 0.5) is 5.69 Å². The number of rotatable bonds is 5. The van der Waals surface area contributed by atoms with Gasteiger partial charge in [0.1, 0.15) is 0 Å². The lowest BCUT2D eigenvalue weighted by molar-refractivity contribution is 0.552. The van der Waals surface area contributed by atoms with Crippen LogP contribution in [0.5, 0.6) is 0 Å². The minimum atomic E-state index is 0.964. The molecule has 0 amide bonds. The van der Waals surface area contributed by atoms with Gasteiger partial charge < -0.3 is 4.90 Å². The van der Waals surface area contributed by atoms with E-state index in [-0.39, 0.29) is 0 Å². The fourth-order valence-corrected chi connectivity index (χ4v) is 2.75. The van der Waals surface area contributed by atoms with Gasteiger partial charge >= 0.3 is 0 Å². The molecule has 122 valence electrons. The summed E-state index contributed by atoms with van der Waals surface area (Å²) in [6.07, 6.45) is 2.89. The fourth-order valence-electron chi connectivity index (χ4n) is 2.75. The van der Waals surface area contributed by atoms with Gasteiger partial charge in [-0.05, 0) is 81.0 Å². The first-order valence-electron chi connectivity index (χ1n) is 8.31. The lowest BCUT2D eigenvalue weighted by atomic mass is 9.92. The summed E-state index contributed by atoms with van der Waals surface area (Å²) in [5, 5.41) is 0. The van der Waals surface area contributed by atoms with Crippen molar-refractivity contribution in [1.29, 1.82) is 0 Å². The highest BCUT2D eigenvalue weighted by Crippen LogP contribution is 2.25. The Kier molecular flexibility index (Phi) is 5.59. The molecule has 0 saturated carbocycles. The number of benzene rings is 2. The summed E-state index contributed by atoms with van der Waals surface area (Å²) in [6.45, 7) is 11.8. The van der Waals surface area contributed by atoms with E-state index in [1.807, 2.05) is 13.4 Å². The summed E-state index contributed by atoms with van der Waals surface area (Å²) >= 11 is 0. The predicted molar refractivity (Wildman–Crippen MR) is 101 cm³/mol. The smallest absolute Gasteiger partial charge is 0.0909 e. The second-order valence-corrected chi connectivity index (χ2v) is 6.48. The summed E-state index contributed by atoms with van der Waals surface area (Å²) in [5.41, 5.74) is 9.19. The standard InChI is InChI=1S/C21H28N2/c1-7-23(6)14-22-20-11-17(4)21(18(5)12-20)13-19-10-15(2)8-9-16(19)3/h8-12,14H,7,13H2,1-6H3. The molecule has 2 aromatic rings. The average molecular weight is 308 g/mol. The molecule has 0 aliphatic heterocycles. The predicted octanol–water partition coefficient (Wildman–Crippen LogP) is 5.12. The Morgan fingerprint density at radius 1 is 0.957 bits per heavy atom. The molecule has 2 nitrogen and oxygen atoms in total. The number of aliphatic imine (C=N–C) groups is 1. The van der Waals surface area contributed by atoms with Gasteiger partial charge in [-0.1, -0.05) is 23.8 Å². The van der Waals surface area contributed by atoms with Crippen molar-refractivity contribution in [3.63, 3.8) is 0 Å². The van der Waals surface area contributed by atoms with Crippen molar-refractivity contribution in [2.75, 3.05) is 13.6 Å². The molecule has 2 heteroatoms. The molecular weight excluding hydrogens is 280 g/mol. The van der Waals surface area contributed by atoms with Crippen LogP contribution in [0.3, 0.4) is 0 Å².